The second kappa shape index (κ2) is 11.2. The largest absolute Gasteiger partial charge is 0.497 e. The maximum absolute atomic E-state index is 13.0. The van der Waals surface area contributed by atoms with Crippen LogP contribution in [0.5, 0.6) is 17.2 Å². The molecule has 1 aliphatic heterocycles. The van der Waals surface area contributed by atoms with E-state index >= 15 is 0 Å². The van der Waals surface area contributed by atoms with E-state index in [4.69, 9.17) is 24.3 Å². The average molecular weight is 571 g/mol. The van der Waals surface area contributed by atoms with Crippen LogP contribution in [0.3, 0.4) is 0 Å². The predicted molar refractivity (Wildman–Crippen MR) is 163 cm³/mol. The van der Waals surface area contributed by atoms with E-state index in [9.17, 15) is 4.79 Å². The van der Waals surface area contributed by atoms with Crippen molar-refractivity contribution in [2.24, 2.45) is 0 Å². The summed E-state index contributed by atoms with van der Waals surface area (Å²) in [6, 6.07) is 28.0. The Morgan fingerprint density at radius 1 is 0.884 bits per heavy atom. The van der Waals surface area contributed by atoms with Gasteiger partial charge in [0, 0.05) is 41.0 Å². The third-order valence-electron chi connectivity index (χ3n) is 6.98. The monoisotopic (exact) mass is 570 g/mol. The lowest BCUT2D eigenvalue weighted by atomic mass is 10.0. The van der Waals surface area contributed by atoms with Gasteiger partial charge in [-0.1, -0.05) is 24.3 Å². The molecule has 0 radical (unpaired) electrons. The molecule has 1 aliphatic rings. The molecule has 0 fully saturated rings. The van der Waals surface area contributed by atoms with Gasteiger partial charge >= 0.3 is 0 Å². The maximum atomic E-state index is 13.0. The van der Waals surface area contributed by atoms with Crippen LogP contribution in [0, 0.1) is 0 Å². The zero-order valence-electron chi connectivity index (χ0n) is 23.2. The highest BCUT2D eigenvalue weighted by Gasteiger charge is 2.19. The van der Waals surface area contributed by atoms with Crippen LogP contribution in [-0.2, 0) is 0 Å². The van der Waals surface area contributed by atoms with E-state index in [0.717, 1.165) is 22.3 Å². The zero-order valence-corrected chi connectivity index (χ0v) is 23.2. The summed E-state index contributed by atoms with van der Waals surface area (Å²) in [5, 5.41) is 11.2. The van der Waals surface area contributed by atoms with Crippen LogP contribution in [0.2, 0.25) is 0 Å². The van der Waals surface area contributed by atoms with Crippen molar-refractivity contribution in [3.05, 3.63) is 109 Å². The summed E-state index contributed by atoms with van der Waals surface area (Å²) >= 11 is 0. The van der Waals surface area contributed by atoms with Gasteiger partial charge in [-0.3, -0.25) is 4.79 Å². The van der Waals surface area contributed by atoms with Crippen molar-refractivity contribution < 1.29 is 19.0 Å². The van der Waals surface area contributed by atoms with Gasteiger partial charge in [0.1, 0.15) is 24.7 Å². The molecular weight excluding hydrogens is 544 g/mol. The fourth-order valence-corrected chi connectivity index (χ4v) is 4.97. The van der Waals surface area contributed by atoms with E-state index in [0.29, 0.717) is 59.0 Å². The van der Waals surface area contributed by atoms with Crippen LogP contribution in [0.4, 0.5) is 17.3 Å². The third kappa shape index (κ3) is 5.29. The van der Waals surface area contributed by atoms with Crippen LogP contribution < -0.4 is 24.8 Å². The van der Waals surface area contributed by atoms with E-state index in [1.165, 1.54) is 0 Å². The number of benzene rings is 3. The highest BCUT2D eigenvalue weighted by atomic mass is 16.6. The fourth-order valence-electron chi connectivity index (χ4n) is 4.97. The number of rotatable bonds is 7. The van der Waals surface area contributed by atoms with Crippen molar-refractivity contribution in [1.82, 2.24) is 19.6 Å². The van der Waals surface area contributed by atoms with E-state index in [2.05, 4.69) is 15.6 Å². The Hall–Kier alpha value is -5.90. The number of hydrogen-bond acceptors (Lipinski definition) is 8. The summed E-state index contributed by atoms with van der Waals surface area (Å²) in [5.41, 5.74) is 5.86. The molecule has 1 amide bonds. The van der Waals surface area contributed by atoms with Crippen molar-refractivity contribution in [2.45, 2.75) is 0 Å². The smallest absolute Gasteiger partial charge is 0.255 e. The van der Waals surface area contributed by atoms with Gasteiger partial charge in [0.2, 0.25) is 5.95 Å². The van der Waals surface area contributed by atoms with Crippen LogP contribution in [-0.4, -0.2) is 45.8 Å². The van der Waals surface area contributed by atoms with Gasteiger partial charge < -0.3 is 24.8 Å². The summed E-state index contributed by atoms with van der Waals surface area (Å²) in [4.78, 5) is 22.3. The number of nitrogens with one attached hydrogen (secondary N) is 2. The Labute approximate surface area is 246 Å². The van der Waals surface area contributed by atoms with Crippen LogP contribution in [0.25, 0.3) is 28.0 Å². The molecule has 3 aromatic heterocycles. The van der Waals surface area contributed by atoms with Crippen LogP contribution >= 0.6 is 0 Å². The minimum absolute atomic E-state index is 0.239. The predicted octanol–water partition coefficient (Wildman–Crippen LogP) is 6.23. The number of nitrogens with zero attached hydrogens (tertiary/aromatic N) is 4. The first-order valence-corrected chi connectivity index (χ1v) is 13.7. The van der Waals surface area contributed by atoms with E-state index in [-0.39, 0.29) is 5.91 Å². The minimum atomic E-state index is -0.239. The number of carbonyl (C=O) groups is 1. The van der Waals surface area contributed by atoms with Gasteiger partial charge in [0.05, 0.1) is 23.9 Å². The number of aromatic nitrogens is 4. The Bertz CT molecular complexity index is 1970. The minimum Gasteiger partial charge on any atom is -0.497 e. The summed E-state index contributed by atoms with van der Waals surface area (Å²) in [6.45, 7) is 1.04. The lowest BCUT2D eigenvalue weighted by Gasteiger charge is -2.19. The number of anilines is 3. The van der Waals surface area contributed by atoms with Crippen molar-refractivity contribution in [1.29, 1.82) is 0 Å². The molecule has 0 unspecified atom stereocenters. The molecule has 0 atom stereocenters. The van der Waals surface area contributed by atoms with Gasteiger partial charge in [0.15, 0.2) is 11.5 Å². The number of carbonyl (C=O) groups excluding carboxylic acids is 1. The first-order valence-electron chi connectivity index (χ1n) is 13.7. The summed E-state index contributed by atoms with van der Waals surface area (Å²) in [5.74, 6) is 2.19. The summed E-state index contributed by atoms with van der Waals surface area (Å²) < 4.78 is 18.4. The number of methoxy groups -OCH3 is 1. The molecule has 212 valence electrons. The Kier molecular flexibility index (Phi) is 6.76. The fraction of sp³-hybridized carbons (Fsp3) is 0.0909. The molecular formula is C33H26N6O4. The standard InChI is InChI=1S/C33H26N6O4/c1-41-25-9-5-7-22(19-25)32(40)35-23-8-4-6-21(18-23)31-30(27-10-2-3-15-39(27)38-31)26-13-14-34-33(37-26)36-24-11-12-28-29(20-24)43-17-16-42-28/h2-15,18-20H,16-17H2,1H3,(H,35,40)(H,34,36,37). The molecule has 0 saturated carbocycles. The highest BCUT2D eigenvalue weighted by Crippen LogP contribution is 2.36. The number of hydrogen-bond donors (Lipinski definition) is 2. The van der Waals surface area contributed by atoms with Crippen molar-refractivity contribution >= 4 is 28.7 Å². The molecule has 0 bridgehead atoms. The van der Waals surface area contributed by atoms with E-state index in [1.807, 2.05) is 77.4 Å². The topological polar surface area (TPSA) is 112 Å². The summed E-state index contributed by atoms with van der Waals surface area (Å²) in [6.07, 6.45) is 3.61. The van der Waals surface area contributed by atoms with Gasteiger partial charge in [-0.15, -0.1) is 0 Å². The summed E-state index contributed by atoms with van der Waals surface area (Å²) in [7, 11) is 1.57. The number of pyridine rings is 1. The molecule has 43 heavy (non-hydrogen) atoms. The molecule has 2 N–H and O–H groups in total. The van der Waals surface area contributed by atoms with Crippen LogP contribution in [0.15, 0.2) is 103 Å². The average Bonchev–Trinajstić information content (AvgIpc) is 3.45. The molecule has 6 aromatic rings. The number of amides is 1. The van der Waals surface area contributed by atoms with Crippen LogP contribution in [0.1, 0.15) is 10.4 Å². The van der Waals surface area contributed by atoms with Crippen molar-refractivity contribution in [3.8, 4) is 39.8 Å². The SMILES string of the molecule is COc1cccc(C(=O)Nc2cccc(-c3nn4ccccc4c3-c3ccnc(Nc4ccc5c(c4)OCCO5)n3)c2)c1. The lowest BCUT2D eigenvalue weighted by molar-refractivity contribution is 0.102. The zero-order chi connectivity index (χ0) is 29.2. The number of ether oxygens (including phenoxy) is 3. The maximum Gasteiger partial charge on any atom is 0.255 e. The quantitative estimate of drug-likeness (QED) is 0.232. The van der Waals surface area contributed by atoms with Gasteiger partial charge in [-0.2, -0.15) is 5.10 Å². The number of fused-ring (bicyclic) bond motifs is 2. The highest BCUT2D eigenvalue weighted by molar-refractivity contribution is 6.05. The van der Waals surface area contributed by atoms with E-state index in [1.54, 1.807) is 37.6 Å². The molecule has 10 nitrogen and oxygen atoms in total. The van der Waals surface area contributed by atoms with Gasteiger partial charge in [-0.25, -0.2) is 14.5 Å². The van der Waals surface area contributed by atoms with Crippen molar-refractivity contribution in [3.63, 3.8) is 0 Å². The molecule has 3 aromatic carbocycles. The van der Waals surface area contributed by atoms with Gasteiger partial charge in [-0.05, 0) is 60.7 Å². The van der Waals surface area contributed by atoms with Crippen molar-refractivity contribution in [2.75, 3.05) is 31.0 Å². The Morgan fingerprint density at radius 3 is 2.67 bits per heavy atom. The Balaban J connectivity index is 1.23. The Morgan fingerprint density at radius 2 is 1.77 bits per heavy atom. The first-order chi connectivity index (χ1) is 21.1. The molecule has 0 aliphatic carbocycles. The lowest BCUT2D eigenvalue weighted by Crippen LogP contribution is -2.15. The molecule has 4 heterocycles. The second-order valence-electron chi connectivity index (χ2n) is 9.77. The van der Waals surface area contributed by atoms with Gasteiger partial charge in [0.25, 0.3) is 5.91 Å². The first kappa shape index (κ1) is 26.0. The second-order valence-corrected chi connectivity index (χ2v) is 9.77. The molecule has 10 heteroatoms. The normalized spacial score (nSPS) is 12.1. The molecule has 0 saturated heterocycles. The third-order valence-corrected chi connectivity index (χ3v) is 6.98. The molecule has 0 spiro atoms. The molecule has 7 rings (SSSR count). The van der Waals surface area contributed by atoms with E-state index < -0.39 is 0 Å².